The van der Waals surface area contributed by atoms with Crippen molar-refractivity contribution < 1.29 is 24.5 Å². The van der Waals surface area contributed by atoms with Crippen LogP contribution < -0.4 is 4.74 Å². The van der Waals surface area contributed by atoms with Gasteiger partial charge in [-0.25, -0.2) is 9.59 Å². The molecule has 194 valence electrons. The van der Waals surface area contributed by atoms with E-state index >= 15 is 0 Å². The van der Waals surface area contributed by atoms with E-state index in [0.29, 0.717) is 18.8 Å². The van der Waals surface area contributed by atoms with Crippen LogP contribution in [0.5, 0.6) is 5.75 Å². The minimum atomic E-state index is -1.26. The lowest BCUT2D eigenvalue weighted by molar-refractivity contribution is -0.134. The fourth-order valence-electron chi connectivity index (χ4n) is 4.32. The Labute approximate surface area is 218 Å². The van der Waals surface area contributed by atoms with Gasteiger partial charge in [-0.05, 0) is 92.2 Å². The molecule has 0 spiro atoms. The molecule has 1 aliphatic carbocycles. The third-order valence-electron chi connectivity index (χ3n) is 6.33. The summed E-state index contributed by atoms with van der Waals surface area (Å²) in [6.45, 7) is 1.80. The molecule has 6 heteroatoms. The Bertz CT molecular complexity index is 1170. The fourth-order valence-corrected chi connectivity index (χ4v) is 4.32. The number of nitrogens with zero attached hydrogens (tertiary/aromatic N) is 1. The molecule has 0 bridgehead atoms. The fraction of sp³-hybridized carbons (Fsp3) is 0.290. The first-order chi connectivity index (χ1) is 17.8. The van der Waals surface area contributed by atoms with Crippen molar-refractivity contribution in [3.05, 3.63) is 102 Å². The van der Waals surface area contributed by atoms with Crippen LogP contribution in [0.4, 0.5) is 0 Å². The molecule has 0 saturated carbocycles. The van der Waals surface area contributed by atoms with Gasteiger partial charge < -0.3 is 19.8 Å². The van der Waals surface area contributed by atoms with Gasteiger partial charge >= 0.3 is 11.9 Å². The molecule has 0 heterocycles. The summed E-state index contributed by atoms with van der Waals surface area (Å²) in [6.07, 6.45) is 6.10. The zero-order chi connectivity index (χ0) is 26.6. The first kappa shape index (κ1) is 27.7. The van der Waals surface area contributed by atoms with Gasteiger partial charge in [-0.2, -0.15) is 0 Å². The SMILES string of the molecule is CN(C)CCC1CCc2cc(OCc3ccc(-c4ccccc4)cc3)ccc2C1.O=C(O)C=CC(=O)O. The minimum Gasteiger partial charge on any atom is -0.489 e. The highest BCUT2D eigenvalue weighted by Crippen LogP contribution is 2.30. The minimum absolute atomic E-state index is 0.558. The number of carbonyl (C=O) groups is 2. The molecule has 0 radical (unpaired) electrons. The van der Waals surface area contributed by atoms with Crippen molar-refractivity contribution in [3.63, 3.8) is 0 Å². The van der Waals surface area contributed by atoms with E-state index in [4.69, 9.17) is 14.9 Å². The van der Waals surface area contributed by atoms with Crippen molar-refractivity contribution in [2.45, 2.75) is 32.3 Å². The normalized spacial score (nSPS) is 14.5. The summed E-state index contributed by atoms with van der Waals surface area (Å²) in [5.74, 6) is -0.706. The summed E-state index contributed by atoms with van der Waals surface area (Å²) in [6, 6.07) is 25.9. The van der Waals surface area contributed by atoms with Crippen molar-refractivity contribution in [1.29, 1.82) is 0 Å². The summed E-state index contributed by atoms with van der Waals surface area (Å²) in [5, 5.41) is 15.6. The Kier molecular flexibility index (Phi) is 10.5. The highest BCUT2D eigenvalue weighted by atomic mass is 16.5. The van der Waals surface area contributed by atoms with Crippen LogP contribution in [0.25, 0.3) is 11.1 Å². The smallest absolute Gasteiger partial charge is 0.328 e. The maximum Gasteiger partial charge on any atom is 0.328 e. The average molecular weight is 502 g/mol. The molecule has 3 aromatic carbocycles. The topological polar surface area (TPSA) is 87.1 Å². The Morgan fingerprint density at radius 1 is 0.892 bits per heavy atom. The lowest BCUT2D eigenvalue weighted by Crippen LogP contribution is -2.21. The zero-order valence-electron chi connectivity index (χ0n) is 21.5. The van der Waals surface area contributed by atoms with Crippen molar-refractivity contribution >= 4 is 11.9 Å². The Balaban J connectivity index is 0.000000414. The number of carboxylic acids is 2. The van der Waals surface area contributed by atoms with Gasteiger partial charge in [0.05, 0.1) is 0 Å². The predicted molar refractivity (Wildman–Crippen MR) is 146 cm³/mol. The van der Waals surface area contributed by atoms with Crippen LogP contribution in [0.3, 0.4) is 0 Å². The first-order valence-corrected chi connectivity index (χ1v) is 12.5. The lowest BCUT2D eigenvalue weighted by atomic mass is 9.82. The number of fused-ring (bicyclic) bond motifs is 1. The maximum atomic E-state index is 9.55. The second-order valence-electron chi connectivity index (χ2n) is 9.49. The van der Waals surface area contributed by atoms with Crippen LogP contribution in [-0.2, 0) is 29.0 Å². The van der Waals surface area contributed by atoms with Gasteiger partial charge in [0, 0.05) is 12.2 Å². The average Bonchev–Trinajstić information content (AvgIpc) is 2.90. The maximum absolute atomic E-state index is 9.55. The monoisotopic (exact) mass is 501 g/mol. The highest BCUT2D eigenvalue weighted by molar-refractivity contribution is 5.89. The molecule has 4 rings (SSSR count). The van der Waals surface area contributed by atoms with Gasteiger partial charge in [0.1, 0.15) is 12.4 Å². The summed E-state index contributed by atoms with van der Waals surface area (Å²) in [5.41, 5.74) is 6.68. The molecule has 0 saturated heterocycles. The standard InChI is InChI=1S/C27H31NO.C4H4O4/c1-28(2)17-16-21-8-13-26-19-27(15-14-25(26)18-21)29-20-22-9-11-24(12-10-22)23-6-4-3-5-7-23;5-3(6)1-2-4(7)8/h3-7,9-12,14-15,19,21H,8,13,16-18,20H2,1-2H3;1-2H,(H,5,6)(H,7,8). The van der Waals surface area contributed by atoms with E-state index in [1.807, 2.05) is 6.07 Å². The van der Waals surface area contributed by atoms with Crippen LogP contribution in [-0.4, -0.2) is 47.7 Å². The second kappa shape index (κ2) is 14.0. The molecule has 0 fully saturated rings. The van der Waals surface area contributed by atoms with Crippen molar-refractivity contribution in [1.82, 2.24) is 4.90 Å². The largest absolute Gasteiger partial charge is 0.489 e. The molecule has 37 heavy (non-hydrogen) atoms. The Hall–Kier alpha value is -3.90. The van der Waals surface area contributed by atoms with E-state index in [0.717, 1.165) is 11.7 Å². The number of carboxylic acid groups (broad SMARTS) is 2. The molecular formula is C31H35NO5. The van der Waals surface area contributed by atoms with Crippen LogP contribution in [0.2, 0.25) is 0 Å². The number of rotatable bonds is 9. The van der Waals surface area contributed by atoms with E-state index in [1.165, 1.54) is 60.0 Å². The van der Waals surface area contributed by atoms with Gasteiger partial charge in [0.2, 0.25) is 0 Å². The van der Waals surface area contributed by atoms with E-state index in [1.54, 1.807) is 0 Å². The molecule has 6 nitrogen and oxygen atoms in total. The van der Waals surface area contributed by atoms with E-state index < -0.39 is 11.9 Å². The summed E-state index contributed by atoms with van der Waals surface area (Å²) in [7, 11) is 4.32. The molecule has 0 amide bonds. The molecular weight excluding hydrogens is 466 g/mol. The third kappa shape index (κ3) is 9.58. The molecule has 0 aromatic heterocycles. The molecule has 3 aromatic rings. The van der Waals surface area contributed by atoms with Crippen LogP contribution in [0, 0.1) is 5.92 Å². The Morgan fingerprint density at radius 3 is 2.16 bits per heavy atom. The van der Waals surface area contributed by atoms with E-state index in [9.17, 15) is 9.59 Å². The number of ether oxygens (including phenoxy) is 1. The van der Waals surface area contributed by atoms with Crippen molar-refractivity contribution in [3.8, 4) is 16.9 Å². The van der Waals surface area contributed by atoms with Crippen molar-refractivity contribution in [2.75, 3.05) is 20.6 Å². The van der Waals surface area contributed by atoms with Gasteiger partial charge in [-0.15, -0.1) is 0 Å². The molecule has 1 aliphatic rings. The molecule has 1 atom stereocenters. The number of aliphatic carboxylic acids is 2. The van der Waals surface area contributed by atoms with Crippen LogP contribution >= 0.6 is 0 Å². The summed E-state index contributed by atoms with van der Waals surface area (Å²) < 4.78 is 6.10. The predicted octanol–water partition coefficient (Wildman–Crippen LogP) is 5.70. The van der Waals surface area contributed by atoms with Crippen LogP contribution in [0.1, 0.15) is 29.5 Å². The number of aryl methyl sites for hydroxylation is 1. The molecule has 2 N–H and O–H groups in total. The number of hydrogen-bond acceptors (Lipinski definition) is 4. The highest BCUT2D eigenvalue weighted by Gasteiger charge is 2.19. The second-order valence-corrected chi connectivity index (χ2v) is 9.49. The van der Waals surface area contributed by atoms with Gasteiger partial charge in [0.15, 0.2) is 0 Å². The Morgan fingerprint density at radius 2 is 1.54 bits per heavy atom. The summed E-state index contributed by atoms with van der Waals surface area (Å²) in [4.78, 5) is 21.4. The van der Waals surface area contributed by atoms with Gasteiger partial charge in [-0.1, -0.05) is 60.7 Å². The number of benzene rings is 3. The lowest BCUT2D eigenvalue weighted by Gasteiger charge is -2.26. The zero-order valence-corrected chi connectivity index (χ0v) is 21.5. The molecule has 0 aliphatic heterocycles. The van der Waals surface area contributed by atoms with Gasteiger partial charge in [-0.3, -0.25) is 0 Å². The summed E-state index contributed by atoms with van der Waals surface area (Å²) >= 11 is 0. The van der Waals surface area contributed by atoms with Gasteiger partial charge in [0.25, 0.3) is 0 Å². The number of hydrogen-bond donors (Lipinski definition) is 2. The van der Waals surface area contributed by atoms with Crippen molar-refractivity contribution in [2.24, 2.45) is 5.92 Å². The quantitative estimate of drug-likeness (QED) is 0.366. The molecule has 1 unspecified atom stereocenters. The van der Waals surface area contributed by atoms with Crippen LogP contribution in [0.15, 0.2) is 84.9 Å². The third-order valence-corrected chi connectivity index (χ3v) is 6.33. The first-order valence-electron chi connectivity index (χ1n) is 12.5. The van der Waals surface area contributed by atoms with E-state index in [-0.39, 0.29) is 0 Å². The van der Waals surface area contributed by atoms with E-state index in [2.05, 4.69) is 85.7 Å².